The number of hydroxylamine groups is 1. The molecule has 0 saturated carbocycles. The summed E-state index contributed by atoms with van der Waals surface area (Å²) >= 11 is 0. The van der Waals surface area contributed by atoms with Gasteiger partial charge in [0.25, 0.3) is 0 Å². The van der Waals surface area contributed by atoms with Crippen molar-refractivity contribution in [3.05, 3.63) is 54.6 Å². The number of anilines is 1. The molecule has 3 aromatic rings. The number of carbonyl (C=O) groups is 1. The van der Waals surface area contributed by atoms with Crippen molar-refractivity contribution in [3.8, 4) is 0 Å². The van der Waals surface area contributed by atoms with E-state index in [1.165, 1.54) is 6.07 Å². The van der Waals surface area contributed by atoms with Crippen molar-refractivity contribution in [3.63, 3.8) is 0 Å². The SMILES string of the molecule is CC(=O)N(OS(=O)(=O)[O-])c1ccc2c(ccc3ccccc32)c1.[K+]. The first kappa shape index (κ1) is 19.5. The van der Waals surface area contributed by atoms with Crippen molar-refractivity contribution in [2.24, 2.45) is 0 Å². The standard InChI is InChI=1S/C16H13NO5S.K/c1-11(18)17(22-23(19,20)21)14-8-9-16-13(10-14)7-6-12-4-2-3-5-15(12)16;/h2-10H,1H3,(H,19,20,21);/q;+1/p-1. The maximum atomic E-state index is 11.6. The Kier molecular flexibility index (Phi) is 6.16. The quantitative estimate of drug-likeness (QED) is 0.209. The van der Waals surface area contributed by atoms with E-state index in [-0.39, 0.29) is 57.1 Å². The first-order valence-electron chi connectivity index (χ1n) is 6.73. The molecule has 3 aromatic carbocycles. The van der Waals surface area contributed by atoms with E-state index in [4.69, 9.17) is 0 Å². The van der Waals surface area contributed by atoms with Gasteiger partial charge in [0.1, 0.15) is 0 Å². The number of hydrogen-bond acceptors (Lipinski definition) is 5. The monoisotopic (exact) mass is 369 g/mol. The molecule has 0 aromatic heterocycles. The third-order valence-corrected chi connectivity index (χ3v) is 3.75. The van der Waals surface area contributed by atoms with Crippen LogP contribution in [0.4, 0.5) is 5.69 Å². The van der Waals surface area contributed by atoms with Gasteiger partial charge in [-0.15, -0.1) is 0 Å². The number of benzene rings is 3. The van der Waals surface area contributed by atoms with Crippen LogP contribution in [-0.2, 0) is 19.5 Å². The van der Waals surface area contributed by atoms with E-state index >= 15 is 0 Å². The molecule has 6 nitrogen and oxygen atoms in total. The third kappa shape index (κ3) is 4.22. The van der Waals surface area contributed by atoms with Crippen LogP contribution in [0.15, 0.2) is 54.6 Å². The molecule has 0 spiro atoms. The topological polar surface area (TPSA) is 86.7 Å². The molecular weight excluding hydrogens is 357 g/mol. The van der Waals surface area contributed by atoms with Crippen molar-refractivity contribution in [1.82, 2.24) is 0 Å². The number of carbonyl (C=O) groups excluding carboxylic acids is 1. The molecule has 24 heavy (non-hydrogen) atoms. The minimum atomic E-state index is -5.05. The molecule has 3 rings (SSSR count). The molecule has 0 atom stereocenters. The molecule has 0 radical (unpaired) electrons. The van der Waals surface area contributed by atoms with Gasteiger partial charge in [-0.2, -0.15) is 9.35 Å². The van der Waals surface area contributed by atoms with Crippen molar-refractivity contribution in [2.75, 3.05) is 5.06 Å². The van der Waals surface area contributed by atoms with Gasteiger partial charge in [0.2, 0.25) is 16.3 Å². The first-order chi connectivity index (χ1) is 10.8. The molecule has 8 heteroatoms. The summed E-state index contributed by atoms with van der Waals surface area (Å²) < 4.78 is 36.6. The Morgan fingerprint density at radius 2 is 1.62 bits per heavy atom. The number of rotatable bonds is 3. The second kappa shape index (κ2) is 7.59. The summed E-state index contributed by atoms with van der Waals surface area (Å²) in [4.78, 5) is 11.6. The summed E-state index contributed by atoms with van der Waals surface area (Å²) in [5, 5.41) is 4.30. The van der Waals surface area contributed by atoms with Crippen LogP contribution in [-0.4, -0.2) is 18.9 Å². The van der Waals surface area contributed by atoms with Crippen molar-refractivity contribution < 1.29 is 73.4 Å². The second-order valence-corrected chi connectivity index (χ2v) is 5.95. The average molecular weight is 369 g/mol. The molecule has 0 N–H and O–H groups in total. The minimum Gasteiger partial charge on any atom is -0.724 e. The summed E-state index contributed by atoms with van der Waals surface area (Å²) in [5.41, 5.74) is 0.166. The van der Waals surface area contributed by atoms with E-state index in [0.717, 1.165) is 28.5 Å². The molecule has 0 unspecified atom stereocenters. The zero-order valence-electron chi connectivity index (χ0n) is 13.1. The van der Waals surface area contributed by atoms with Crippen LogP contribution in [0.3, 0.4) is 0 Å². The number of nitrogens with zero attached hydrogens (tertiary/aromatic N) is 1. The van der Waals surface area contributed by atoms with Gasteiger partial charge in [-0.1, -0.05) is 42.5 Å². The molecule has 0 aliphatic heterocycles. The van der Waals surface area contributed by atoms with E-state index in [1.807, 2.05) is 36.4 Å². The third-order valence-electron chi connectivity index (χ3n) is 3.41. The summed E-state index contributed by atoms with van der Waals surface area (Å²) in [6, 6.07) is 16.5. The first-order valence-corrected chi connectivity index (χ1v) is 8.06. The molecule has 1 amide bonds. The fourth-order valence-corrected chi connectivity index (χ4v) is 2.87. The Morgan fingerprint density at radius 3 is 2.29 bits per heavy atom. The number of amides is 1. The van der Waals surface area contributed by atoms with Gasteiger partial charge in [0.15, 0.2) is 0 Å². The predicted octanol–water partition coefficient (Wildman–Crippen LogP) is -0.258. The van der Waals surface area contributed by atoms with Gasteiger partial charge in [-0.3, -0.25) is 4.79 Å². The Morgan fingerprint density at radius 1 is 1.00 bits per heavy atom. The van der Waals surface area contributed by atoms with Crippen LogP contribution in [0.2, 0.25) is 0 Å². The zero-order valence-corrected chi connectivity index (χ0v) is 17.0. The summed E-state index contributed by atoms with van der Waals surface area (Å²) in [6.45, 7) is 1.11. The fraction of sp³-hybridized carbons (Fsp3) is 0.0625. The van der Waals surface area contributed by atoms with E-state index < -0.39 is 16.3 Å². The van der Waals surface area contributed by atoms with Crippen LogP contribution in [0.5, 0.6) is 0 Å². The summed E-state index contributed by atoms with van der Waals surface area (Å²) in [6.07, 6.45) is 0. The summed E-state index contributed by atoms with van der Waals surface area (Å²) in [5.74, 6) is -0.718. The zero-order chi connectivity index (χ0) is 16.6. The van der Waals surface area contributed by atoms with Gasteiger partial charge in [-0.25, -0.2) is 8.42 Å². The smallest absolute Gasteiger partial charge is 0.724 e. The van der Waals surface area contributed by atoms with Crippen molar-refractivity contribution >= 4 is 43.5 Å². The Hall–Kier alpha value is -0.844. The Balaban J connectivity index is 0.00000208. The fourth-order valence-electron chi connectivity index (χ4n) is 2.50. The molecule has 0 saturated heterocycles. The van der Waals surface area contributed by atoms with Crippen molar-refractivity contribution in [2.45, 2.75) is 6.92 Å². The summed E-state index contributed by atoms with van der Waals surface area (Å²) in [7, 11) is -5.05. The molecular formula is C16H12KNO5S. The van der Waals surface area contributed by atoms with Crippen molar-refractivity contribution in [1.29, 1.82) is 0 Å². The molecule has 0 bridgehead atoms. The van der Waals surface area contributed by atoms with E-state index in [9.17, 15) is 17.8 Å². The van der Waals surface area contributed by atoms with E-state index in [2.05, 4.69) is 4.28 Å². The van der Waals surface area contributed by atoms with Crippen LogP contribution >= 0.6 is 0 Å². The van der Waals surface area contributed by atoms with Gasteiger partial charge < -0.3 is 4.55 Å². The largest absolute Gasteiger partial charge is 1.00 e. The number of hydrogen-bond donors (Lipinski definition) is 0. The van der Waals surface area contributed by atoms with Gasteiger partial charge in [0, 0.05) is 6.92 Å². The normalized spacial score (nSPS) is 11.2. The molecule has 0 aliphatic rings. The molecule has 118 valence electrons. The maximum Gasteiger partial charge on any atom is 1.00 e. The molecule has 0 fully saturated rings. The molecule has 0 aliphatic carbocycles. The van der Waals surface area contributed by atoms with Gasteiger partial charge in [-0.05, 0) is 33.7 Å². The predicted molar refractivity (Wildman–Crippen MR) is 85.4 cm³/mol. The van der Waals surface area contributed by atoms with Gasteiger partial charge >= 0.3 is 51.4 Å². The van der Waals surface area contributed by atoms with E-state index in [1.54, 1.807) is 12.1 Å². The van der Waals surface area contributed by atoms with Crippen LogP contribution in [0.25, 0.3) is 21.5 Å². The second-order valence-electron chi connectivity index (χ2n) is 4.99. The van der Waals surface area contributed by atoms with Crippen LogP contribution < -0.4 is 56.4 Å². The average Bonchev–Trinajstić information content (AvgIpc) is 2.51. The maximum absolute atomic E-state index is 11.6. The van der Waals surface area contributed by atoms with Crippen LogP contribution in [0.1, 0.15) is 6.92 Å². The van der Waals surface area contributed by atoms with E-state index in [0.29, 0.717) is 5.06 Å². The van der Waals surface area contributed by atoms with Crippen LogP contribution in [0, 0.1) is 0 Å². The molecule has 0 heterocycles. The Bertz CT molecular complexity index is 1020. The van der Waals surface area contributed by atoms with Gasteiger partial charge in [0.05, 0.1) is 5.69 Å². The Labute approximate surface area is 181 Å². The minimum absolute atomic E-state index is 0. The number of fused-ring (bicyclic) bond motifs is 3.